The van der Waals surface area contributed by atoms with Gasteiger partial charge in [-0.3, -0.25) is 4.79 Å². The van der Waals surface area contributed by atoms with E-state index in [1.54, 1.807) is 44.8 Å². The van der Waals surface area contributed by atoms with Crippen LogP contribution < -0.4 is 4.90 Å². The maximum Gasteiger partial charge on any atom is 0.251 e. The third-order valence-corrected chi connectivity index (χ3v) is 7.83. The maximum absolute atomic E-state index is 12.9. The zero-order valence-corrected chi connectivity index (χ0v) is 16.6. The molecule has 142 valence electrons. The lowest BCUT2D eigenvalue weighted by Crippen LogP contribution is -2.35. The molecule has 0 N–H and O–H groups in total. The number of hydrogen-bond acceptors (Lipinski definition) is 4. The van der Waals surface area contributed by atoms with E-state index in [1.165, 1.54) is 0 Å². The summed E-state index contributed by atoms with van der Waals surface area (Å²) in [6.07, 6.45) is 7.01. The average molecular weight is 403 g/mol. The molecular weight excluding hydrogens is 380 g/mol. The zero-order valence-electron chi connectivity index (χ0n) is 15.0. The number of thiophene rings is 1. The molecule has 1 aromatic heterocycles. The van der Waals surface area contributed by atoms with Crippen LogP contribution >= 0.6 is 11.3 Å². The van der Waals surface area contributed by atoms with Gasteiger partial charge in [0, 0.05) is 36.3 Å². The Morgan fingerprint density at radius 3 is 2.63 bits per heavy atom. The molecule has 2 aliphatic heterocycles. The van der Waals surface area contributed by atoms with Gasteiger partial charge in [0.25, 0.3) is 5.91 Å². The van der Waals surface area contributed by atoms with Crippen LogP contribution in [-0.4, -0.2) is 38.3 Å². The SMILES string of the molecule is O=C(C=Cc1cccs1)N1CCc2cc(S(=O)(=O)N3CCCCC3)ccc21. The Hall–Kier alpha value is -1.96. The fraction of sp³-hybridized carbons (Fsp3) is 0.350. The van der Waals surface area contributed by atoms with Crippen LogP contribution in [0.25, 0.3) is 6.08 Å². The Kier molecular flexibility index (Phi) is 5.16. The molecule has 0 aliphatic carbocycles. The number of nitrogens with zero attached hydrogens (tertiary/aromatic N) is 2. The van der Waals surface area contributed by atoms with E-state index >= 15 is 0 Å². The van der Waals surface area contributed by atoms with Crippen molar-refractivity contribution in [3.8, 4) is 0 Å². The lowest BCUT2D eigenvalue weighted by atomic mass is 10.2. The van der Waals surface area contributed by atoms with Crippen molar-refractivity contribution in [3.05, 3.63) is 52.2 Å². The van der Waals surface area contributed by atoms with Gasteiger partial charge in [-0.2, -0.15) is 4.31 Å². The summed E-state index contributed by atoms with van der Waals surface area (Å²) in [5, 5.41) is 1.97. The lowest BCUT2D eigenvalue weighted by molar-refractivity contribution is -0.114. The Morgan fingerprint density at radius 2 is 1.89 bits per heavy atom. The van der Waals surface area contributed by atoms with Gasteiger partial charge < -0.3 is 4.90 Å². The predicted molar refractivity (Wildman–Crippen MR) is 108 cm³/mol. The summed E-state index contributed by atoms with van der Waals surface area (Å²) in [5.74, 6) is -0.0752. The molecule has 7 heteroatoms. The highest BCUT2D eigenvalue weighted by Crippen LogP contribution is 2.32. The van der Waals surface area contributed by atoms with Crippen molar-refractivity contribution >= 4 is 39.0 Å². The predicted octanol–water partition coefficient (Wildman–Crippen LogP) is 3.53. The van der Waals surface area contributed by atoms with Crippen molar-refractivity contribution in [1.29, 1.82) is 0 Å². The van der Waals surface area contributed by atoms with Gasteiger partial charge in [-0.05, 0) is 60.5 Å². The van der Waals surface area contributed by atoms with Gasteiger partial charge in [0.2, 0.25) is 10.0 Å². The summed E-state index contributed by atoms with van der Waals surface area (Å²) < 4.78 is 27.3. The number of piperidine rings is 1. The number of hydrogen-bond donors (Lipinski definition) is 0. The van der Waals surface area contributed by atoms with Gasteiger partial charge in [-0.15, -0.1) is 11.3 Å². The first-order chi connectivity index (χ1) is 13.1. The first-order valence-corrected chi connectivity index (χ1v) is 11.5. The molecule has 0 bridgehead atoms. The summed E-state index contributed by atoms with van der Waals surface area (Å²) >= 11 is 1.58. The molecule has 2 aromatic rings. The molecule has 0 saturated carbocycles. The minimum atomic E-state index is -3.44. The highest BCUT2D eigenvalue weighted by molar-refractivity contribution is 7.89. The monoisotopic (exact) mass is 402 g/mol. The molecule has 1 aromatic carbocycles. The molecule has 1 saturated heterocycles. The summed E-state index contributed by atoms with van der Waals surface area (Å²) in [6.45, 7) is 1.77. The number of anilines is 1. The van der Waals surface area contributed by atoms with Crippen LogP contribution in [0.5, 0.6) is 0 Å². The van der Waals surface area contributed by atoms with Crippen LogP contribution in [0, 0.1) is 0 Å². The van der Waals surface area contributed by atoms with Gasteiger partial charge in [0.15, 0.2) is 0 Å². The van der Waals surface area contributed by atoms with E-state index < -0.39 is 10.0 Å². The average Bonchev–Trinajstić information content (AvgIpc) is 3.36. The molecule has 0 radical (unpaired) electrons. The fourth-order valence-electron chi connectivity index (χ4n) is 3.65. The van der Waals surface area contributed by atoms with Gasteiger partial charge in [0.1, 0.15) is 0 Å². The van der Waals surface area contributed by atoms with Gasteiger partial charge >= 0.3 is 0 Å². The normalized spacial score (nSPS) is 18.1. The van der Waals surface area contributed by atoms with E-state index in [1.807, 2.05) is 23.6 Å². The maximum atomic E-state index is 12.9. The second-order valence-electron chi connectivity index (χ2n) is 6.84. The van der Waals surface area contributed by atoms with E-state index in [9.17, 15) is 13.2 Å². The molecule has 1 amide bonds. The molecule has 2 aliphatic rings. The van der Waals surface area contributed by atoms with Crippen molar-refractivity contribution in [2.75, 3.05) is 24.5 Å². The third kappa shape index (κ3) is 3.72. The van der Waals surface area contributed by atoms with E-state index in [4.69, 9.17) is 0 Å². The standard InChI is InChI=1S/C20H22N2O3S2/c23-20(9-6-17-5-4-14-26-17)22-13-10-16-15-18(7-8-19(16)22)27(24,25)21-11-2-1-3-12-21/h4-9,14-15H,1-3,10-13H2. The van der Waals surface area contributed by atoms with E-state index in [2.05, 4.69) is 0 Å². The van der Waals surface area contributed by atoms with E-state index in [0.717, 1.165) is 35.4 Å². The molecular formula is C20H22N2O3S2. The van der Waals surface area contributed by atoms with Crippen LogP contribution in [0.2, 0.25) is 0 Å². The molecule has 1 fully saturated rings. The van der Waals surface area contributed by atoms with Crippen LogP contribution in [0.15, 0.2) is 46.7 Å². The number of benzene rings is 1. The molecule has 0 atom stereocenters. The smallest absolute Gasteiger partial charge is 0.251 e. The minimum absolute atomic E-state index is 0.0752. The highest BCUT2D eigenvalue weighted by Gasteiger charge is 2.29. The van der Waals surface area contributed by atoms with Gasteiger partial charge in [-0.1, -0.05) is 12.5 Å². The summed E-state index contributed by atoms with van der Waals surface area (Å²) in [4.78, 5) is 15.6. The first kappa shape index (κ1) is 18.4. The van der Waals surface area contributed by atoms with Crippen molar-refractivity contribution in [2.45, 2.75) is 30.6 Å². The Balaban J connectivity index is 1.54. The topological polar surface area (TPSA) is 57.7 Å². The van der Waals surface area contributed by atoms with Crippen LogP contribution in [0.1, 0.15) is 29.7 Å². The van der Waals surface area contributed by atoms with Gasteiger partial charge in [0.05, 0.1) is 4.90 Å². The second-order valence-corrected chi connectivity index (χ2v) is 9.76. The lowest BCUT2D eigenvalue weighted by Gasteiger charge is -2.26. The van der Waals surface area contributed by atoms with Crippen molar-refractivity contribution in [3.63, 3.8) is 0 Å². The number of fused-ring (bicyclic) bond motifs is 1. The second kappa shape index (κ2) is 7.58. The Bertz CT molecular complexity index is 959. The quantitative estimate of drug-likeness (QED) is 0.735. The number of amides is 1. The van der Waals surface area contributed by atoms with Crippen molar-refractivity contribution in [1.82, 2.24) is 4.31 Å². The fourth-order valence-corrected chi connectivity index (χ4v) is 5.84. The summed E-state index contributed by atoms with van der Waals surface area (Å²) in [6, 6.07) is 9.07. The van der Waals surface area contributed by atoms with Crippen molar-refractivity contribution in [2.24, 2.45) is 0 Å². The van der Waals surface area contributed by atoms with Crippen LogP contribution in [0.4, 0.5) is 5.69 Å². The molecule has 5 nitrogen and oxygen atoms in total. The molecule has 3 heterocycles. The number of carbonyl (C=O) groups excluding carboxylic acids is 1. The Morgan fingerprint density at radius 1 is 1.07 bits per heavy atom. The third-order valence-electron chi connectivity index (χ3n) is 5.10. The first-order valence-electron chi connectivity index (χ1n) is 9.22. The minimum Gasteiger partial charge on any atom is -0.308 e. The molecule has 27 heavy (non-hydrogen) atoms. The molecule has 0 unspecified atom stereocenters. The van der Waals surface area contributed by atoms with E-state index in [0.29, 0.717) is 31.0 Å². The largest absolute Gasteiger partial charge is 0.308 e. The summed E-state index contributed by atoms with van der Waals surface area (Å²) in [5.41, 5.74) is 1.74. The van der Waals surface area contributed by atoms with Crippen LogP contribution in [-0.2, 0) is 21.2 Å². The number of carbonyl (C=O) groups is 1. The zero-order chi connectivity index (χ0) is 18.9. The summed E-state index contributed by atoms with van der Waals surface area (Å²) in [7, 11) is -3.44. The van der Waals surface area contributed by atoms with E-state index in [-0.39, 0.29) is 5.91 Å². The highest BCUT2D eigenvalue weighted by atomic mass is 32.2. The van der Waals surface area contributed by atoms with Crippen molar-refractivity contribution < 1.29 is 13.2 Å². The van der Waals surface area contributed by atoms with Crippen LogP contribution in [0.3, 0.4) is 0 Å². The van der Waals surface area contributed by atoms with Gasteiger partial charge in [-0.25, -0.2) is 8.42 Å². The molecule has 0 spiro atoms. The number of rotatable bonds is 4. The molecule has 4 rings (SSSR count). The number of sulfonamides is 1. The Labute approximate surface area is 164 Å².